The van der Waals surface area contributed by atoms with E-state index >= 15 is 0 Å². The smallest absolute Gasteiger partial charge is 0.229 e. The zero-order valence-corrected chi connectivity index (χ0v) is 16.1. The van der Waals surface area contributed by atoms with E-state index < -0.39 is 0 Å². The first-order chi connectivity index (χ1) is 12.4. The van der Waals surface area contributed by atoms with Crippen LogP contribution in [0.5, 0.6) is 0 Å². The highest BCUT2D eigenvalue weighted by molar-refractivity contribution is 6.31. The summed E-state index contributed by atoms with van der Waals surface area (Å²) in [5.41, 5.74) is 4.85. The van der Waals surface area contributed by atoms with Crippen LogP contribution in [0, 0.1) is 13.8 Å². The average molecular weight is 368 g/mol. The van der Waals surface area contributed by atoms with Crippen LogP contribution in [0.1, 0.15) is 11.3 Å². The number of hydrogen-bond donors (Lipinski definition) is 2. The van der Waals surface area contributed by atoms with Gasteiger partial charge in [-0.25, -0.2) is 4.98 Å². The summed E-state index contributed by atoms with van der Waals surface area (Å²) in [6.07, 6.45) is 0. The van der Waals surface area contributed by atoms with E-state index in [9.17, 15) is 0 Å². The second kappa shape index (κ2) is 7.62. The molecule has 6 heteroatoms. The van der Waals surface area contributed by atoms with Gasteiger partial charge in [0.05, 0.1) is 0 Å². The Morgan fingerprint density at radius 1 is 0.923 bits per heavy atom. The molecule has 3 rings (SSSR count). The molecule has 134 valence electrons. The fourth-order valence-corrected chi connectivity index (χ4v) is 2.72. The van der Waals surface area contributed by atoms with E-state index in [1.165, 1.54) is 0 Å². The minimum absolute atomic E-state index is 0.530. The molecule has 0 amide bonds. The van der Waals surface area contributed by atoms with Crippen LogP contribution in [-0.2, 0) is 0 Å². The van der Waals surface area contributed by atoms with Crippen molar-refractivity contribution in [1.29, 1.82) is 0 Å². The fourth-order valence-electron chi connectivity index (χ4n) is 2.54. The Hall–Kier alpha value is -2.79. The average Bonchev–Trinajstić information content (AvgIpc) is 2.59. The zero-order valence-electron chi connectivity index (χ0n) is 15.3. The highest BCUT2D eigenvalue weighted by atomic mass is 35.5. The molecule has 0 radical (unpaired) electrons. The second-order valence-corrected chi connectivity index (χ2v) is 6.73. The van der Waals surface area contributed by atoms with Gasteiger partial charge >= 0.3 is 0 Å². The lowest BCUT2D eigenvalue weighted by atomic mass is 10.2. The van der Waals surface area contributed by atoms with Gasteiger partial charge in [0.25, 0.3) is 0 Å². The predicted octanol–water partition coefficient (Wildman–Crippen LogP) is 5.30. The van der Waals surface area contributed by atoms with Crippen LogP contribution in [0.3, 0.4) is 0 Å². The van der Waals surface area contributed by atoms with E-state index in [2.05, 4.69) is 37.6 Å². The van der Waals surface area contributed by atoms with Gasteiger partial charge in [-0.2, -0.15) is 4.98 Å². The van der Waals surface area contributed by atoms with E-state index in [1.807, 2.05) is 64.3 Å². The summed E-state index contributed by atoms with van der Waals surface area (Å²) < 4.78 is 0. The quantitative estimate of drug-likeness (QED) is 0.640. The van der Waals surface area contributed by atoms with E-state index in [-0.39, 0.29) is 0 Å². The molecule has 0 aliphatic heterocycles. The molecule has 0 atom stereocenters. The molecule has 5 nitrogen and oxygen atoms in total. The molecule has 0 saturated heterocycles. The number of aryl methyl sites for hydroxylation is 1. The molecule has 2 N–H and O–H groups in total. The summed E-state index contributed by atoms with van der Waals surface area (Å²) in [7, 11) is 4.04. The largest absolute Gasteiger partial charge is 0.378 e. The number of benzene rings is 2. The van der Waals surface area contributed by atoms with Crippen molar-refractivity contribution in [2.24, 2.45) is 0 Å². The summed E-state index contributed by atoms with van der Waals surface area (Å²) in [5, 5.41) is 7.29. The number of halogens is 1. The van der Waals surface area contributed by atoms with Gasteiger partial charge in [0.2, 0.25) is 5.95 Å². The van der Waals surface area contributed by atoms with E-state index in [4.69, 9.17) is 11.6 Å². The Labute approximate surface area is 159 Å². The highest BCUT2D eigenvalue weighted by Gasteiger charge is 2.07. The molecule has 0 unspecified atom stereocenters. The molecular formula is C20H22ClN5. The summed E-state index contributed by atoms with van der Waals surface area (Å²) in [5.74, 6) is 1.26. The van der Waals surface area contributed by atoms with Gasteiger partial charge in [-0.05, 0) is 55.8 Å². The minimum atomic E-state index is 0.530. The maximum Gasteiger partial charge on any atom is 0.229 e. The monoisotopic (exact) mass is 367 g/mol. The van der Waals surface area contributed by atoms with Crippen LogP contribution in [0.25, 0.3) is 0 Å². The van der Waals surface area contributed by atoms with Crippen LogP contribution >= 0.6 is 11.6 Å². The Kier molecular flexibility index (Phi) is 5.28. The van der Waals surface area contributed by atoms with Crippen LogP contribution in [0.4, 0.5) is 28.8 Å². The van der Waals surface area contributed by atoms with Crippen molar-refractivity contribution >= 4 is 40.4 Å². The molecule has 26 heavy (non-hydrogen) atoms. The topological polar surface area (TPSA) is 53.1 Å². The first kappa shape index (κ1) is 18.0. The maximum absolute atomic E-state index is 6.19. The third kappa shape index (κ3) is 4.24. The first-order valence-corrected chi connectivity index (χ1v) is 8.72. The van der Waals surface area contributed by atoms with Crippen molar-refractivity contribution in [3.63, 3.8) is 0 Å². The lowest BCUT2D eigenvalue weighted by Crippen LogP contribution is -2.08. The Balaban J connectivity index is 1.82. The van der Waals surface area contributed by atoms with E-state index in [0.29, 0.717) is 11.0 Å². The van der Waals surface area contributed by atoms with Crippen LogP contribution in [-0.4, -0.2) is 24.1 Å². The molecule has 0 bridgehead atoms. The lowest BCUT2D eigenvalue weighted by molar-refractivity contribution is 1.10. The Bertz CT molecular complexity index is 907. The molecule has 0 aliphatic rings. The van der Waals surface area contributed by atoms with Crippen molar-refractivity contribution in [3.05, 3.63) is 64.8 Å². The molecule has 2 aromatic carbocycles. The fraction of sp³-hybridized carbons (Fsp3) is 0.200. The summed E-state index contributed by atoms with van der Waals surface area (Å²) in [6, 6.07) is 15.8. The Morgan fingerprint density at radius 3 is 2.35 bits per heavy atom. The van der Waals surface area contributed by atoms with Gasteiger partial charge in [0.1, 0.15) is 5.82 Å². The van der Waals surface area contributed by atoms with Gasteiger partial charge in [0, 0.05) is 47.9 Å². The van der Waals surface area contributed by atoms with Crippen molar-refractivity contribution in [3.8, 4) is 0 Å². The molecule has 1 heterocycles. The first-order valence-electron chi connectivity index (χ1n) is 8.34. The SMILES string of the molecule is Cc1cc(Nc2ccc(N(C)C)cc2)nc(Nc2cccc(Cl)c2C)n1. The standard InChI is InChI=1S/C20H22ClN5/c1-13-12-19(23-15-8-10-16(11-9-15)26(3)4)25-20(22-13)24-18-7-5-6-17(21)14(18)2/h5-12H,1-4H3,(H2,22,23,24,25). The number of rotatable bonds is 5. The molecule has 0 spiro atoms. The van der Waals surface area contributed by atoms with Gasteiger partial charge in [-0.3, -0.25) is 0 Å². The number of nitrogens with one attached hydrogen (secondary N) is 2. The molecule has 3 aromatic rings. The summed E-state index contributed by atoms with van der Waals surface area (Å²) in [6.45, 7) is 3.91. The molecule has 1 aromatic heterocycles. The molecule has 0 aliphatic carbocycles. The molecular weight excluding hydrogens is 346 g/mol. The number of anilines is 5. The van der Waals surface area contributed by atoms with Crippen molar-refractivity contribution < 1.29 is 0 Å². The van der Waals surface area contributed by atoms with Gasteiger partial charge in [-0.15, -0.1) is 0 Å². The molecule has 0 saturated carbocycles. The second-order valence-electron chi connectivity index (χ2n) is 6.32. The summed E-state index contributed by atoms with van der Waals surface area (Å²) in [4.78, 5) is 11.1. The molecule has 0 fully saturated rings. The van der Waals surface area contributed by atoms with Gasteiger partial charge in [0.15, 0.2) is 0 Å². The predicted molar refractivity (Wildman–Crippen MR) is 110 cm³/mol. The van der Waals surface area contributed by atoms with Crippen LogP contribution in [0.15, 0.2) is 48.5 Å². The zero-order chi connectivity index (χ0) is 18.7. The lowest BCUT2D eigenvalue weighted by Gasteiger charge is -2.14. The van der Waals surface area contributed by atoms with Crippen LogP contribution in [0.2, 0.25) is 5.02 Å². The third-order valence-corrected chi connectivity index (χ3v) is 4.43. The highest BCUT2D eigenvalue weighted by Crippen LogP contribution is 2.26. The minimum Gasteiger partial charge on any atom is -0.378 e. The van der Waals surface area contributed by atoms with Gasteiger partial charge < -0.3 is 15.5 Å². The number of nitrogens with zero attached hydrogens (tertiary/aromatic N) is 3. The van der Waals surface area contributed by atoms with Crippen molar-refractivity contribution in [2.75, 3.05) is 29.6 Å². The Morgan fingerprint density at radius 2 is 1.65 bits per heavy atom. The number of aromatic nitrogens is 2. The maximum atomic E-state index is 6.19. The third-order valence-electron chi connectivity index (χ3n) is 4.02. The number of hydrogen-bond acceptors (Lipinski definition) is 5. The van der Waals surface area contributed by atoms with Crippen molar-refractivity contribution in [2.45, 2.75) is 13.8 Å². The normalized spacial score (nSPS) is 10.5. The van der Waals surface area contributed by atoms with Gasteiger partial charge in [-0.1, -0.05) is 17.7 Å². The van der Waals surface area contributed by atoms with Crippen LogP contribution < -0.4 is 15.5 Å². The van der Waals surface area contributed by atoms with E-state index in [0.717, 1.165) is 34.1 Å². The summed E-state index contributed by atoms with van der Waals surface area (Å²) >= 11 is 6.19. The van der Waals surface area contributed by atoms with E-state index in [1.54, 1.807) is 0 Å². The van der Waals surface area contributed by atoms with Crippen molar-refractivity contribution in [1.82, 2.24) is 9.97 Å².